The Bertz CT molecular complexity index is 905. The molecule has 0 radical (unpaired) electrons. The molecule has 1 aromatic carbocycles. The molecule has 1 saturated heterocycles. The van der Waals surface area contributed by atoms with E-state index in [1.807, 2.05) is 4.90 Å². The van der Waals surface area contributed by atoms with Gasteiger partial charge in [0.1, 0.15) is 11.6 Å². The van der Waals surface area contributed by atoms with Gasteiger partial charge in [0.05, 0.1) is 24.2 Å². The molecule has 1 aliphatic heterocycles. The van der Waals surface area contributed by atoms with E-state index >= 15 is 0 Å². The number of furan rings is 1. The van der Waals surface area contributed by atoms with E-state index in [2.05, 4.69) is 27.7 Å². The number of nitrogens with zero attached hydrogens (tertiary/aromatic N) is 3. The largest absolute Gasteiger partial charge is 0.467 e. The zero-order chi connectivity index (χ0) is 21.5. The Hall–Kier alpha value is -3.20. The average Bonchev–Trinajstić information content (AvgIpc) is 3.29. The van der Waals surface area contributed by atoms with Crippen molar-refractivity contribution in [1.29, 1.82) is 0 Å². The molecule has 1 aliphatic rings. The highest BCUT2D eigenvalue weighted by molar-refractivity contribution is 6.35. The van der Waals surface area contributed by atoms with Crippen LogP contribution in [0.3, 0.4) is 0 Å². The Morgan fingerprint density at radius 2 is 1.93 bits per heavy atom. The first-order valence-electron chi connectivity index (χ1n) is 9.90. The van der Waals surface area contributed by atoms with Crippen LogP contribution in [0.2, 0.25) is 0 Å². The van der Waals surface area contributed by atoms with Gasteiger partial charge in [0.15, 0.2) is 0 Å². The highest BCUT2D eigenvalue weighted by atomic mass is 19.1. The number of halogens is 1. The molecule has 8 nitrogen and oxygen atoms in total. The molecule has 0 aliphatic carbocycles. The first kappa shape index (κ1) is 21.5. The molecule has 2 aromatic rings. The predicted molar refractivity (Wildman–Crippen MR) is 112 cm³/mol. The second-order valence-electron chi connectivity index (χ2n) is 6.99. The highest BCUT2D eigenvalue weighted by Crippen LogP contribution is 2.22. The van der Waals surface area contributed by atoms with E-state index in [9.17, 15) is 14.0 Å². The summed E-state index contributed by atoms with van der Waals surface area (Å²) in [6.45, 7) is 8.22. The van der Waals surface area contributed by atoms with E-state index in [1.54, 1.807) is 31.2 Å². The van der Waals surface area contributed by atoms with Gasteiger partial charge in [0.25, 0.3) is 0 Å². The quantitative estimate of drug-likeness (QED) is 0.426. The van der Waals surface area contributed by atoms with E-state index in [0.717, 1.165) is 32.7 Å². The third kappa shape index (κ3) is 5.44. The molecular weight excluding hydrogens is 389 g/mol. The van der Waals surface area contributed by atoms with E-state index in [1.165, 1.54) is 12.3 Å². The molecule has 3 rings (SSSR count). The standard InChI is InChI=1S/C21H26FN5O3/c1-3-26-8-10-27(11-9-26)19-7-6-16(13-18(19)22)15(2)24-25-21(29)20(28)23-14-17-5-4-12-30-17/h4-7,12-13H,3,8-11,14H2,1-2H3,(H,23,28)(H,25,29)/b24-15-. The summed E-state index contributed by atoms with van der Waals surface area (Å²) in [5.74, 6) is -1.56. The zero-order valence-corrected chi connectivity index (χ0v) is 17.2. The number of rotatable bonds is 6. The van der Waals surface area contributed by atoms with Crippen LogP contribution in [0, 0.1) is 5.82 Å². The van der Waals surface area contributed by atoms with Crippen LogP contribution in [-0.4, -0.2) is 55.1 Å². The fourth-order valence-corrected chi connectivity index (χ4v) is 3.20. The maximum absolute atomic E-state index is 14.7. The SMILES string of the molecule is CCN1CCN(c2ccc(/C(C)=N\NC(=O)C(=O)NCc3ccco3)cc2F)CC1. The number of hydrazone groups is 1. The molecule has 160 valence electrons. The Morgan fingerprint density at radius 1 is 1.17 bits per heavy atom. The molecule has 0 spiro atoms. The number of benzene rings is 1. The number of likely N-dealkylation sites (N-methyl/N-ethyl adjacent to an activating group) is 1. The number of amides is 2. The lowest BCUT2D eigenvalue weighted by Gasteiger charge is -2.35. The van der Waals surface area contributed by atoms with Crippen LogP contribution in [-0.2, 0) is 16.1 Å². The van der Waals surface area contributed by atoms with Crippen LogP contribution < -0.4 is 15.6 Å². The van der Waals surface area contributed by atoms with E-state index < -0.39 is 11.8 Å². The van der Waals surface area contributed by atoms with Gasteiger partial charge in [-0.3, -0.25) is 9.59 Å². The highest BCUT2D eigenvalue weighted by Gasteiger charge is 2.19. The van der Waals surface area contributed by atoms with Gasteiger partial charge in [-0.1, -0.05) is 13.0 Å². The molecule has 1 aromatic heterocycles. The second kappa shape index (κ2) is 10.0. The van der Waals surface area contributed by atoms with Gasteiger partial charge in [-0.25, -0.2) is 9.82 Å². The molecule has 0 unspecified atom stereocenters. The fraction of sp³-hybridized carbons (Fsp3) is 0.381. The number of carbonyl (C=O) groups excluding carboxylic acids is 2. The first-order chi connectivity index (χ1) is 14.5. The lowest BCUT2D eigenvalue weighted by Crippen LogP contribution is -2.46. The summed E-state index contributed by atoms with van der Waals surface area (Å²) in [6.07, 6.45) is 1.48. The van der Waals surface area contributed by atoms with Crippen molar-refractivity contribution in [1.82, 2.24) is 15.6 Å². The average molecular weight is 415 g/mol. The van der Waals surface area contributed by atoms with Crippen molar-refractivity contribution in [2.75, 3.05) is 37.6 Å². The molecule has 30 heavy (non-hydrogen) atoms. The summed E-state index contributed by atoms with van der Waals surface area (Å²) in [4.78, 5) is 28.0. The van der Waals surface area contributed by atoms with E-state index in [0.29, 0.717) is 22.7 Å². The lowest BCUT2D eigenvalue weighted by molar-refractivity contribution is -0.139. The van der Waals surface area contributed by atoms with Crippen LogP contribution in [0.4, 0.5) is 10.1 Å². The van der Waals surface area contributed by atoms with E-state index in [4.69, 9.17) is 4.42 Å². The topological polar surface area (TPSA) is 90.2 Å². The van der Waals surface area contributed by atoms with Crippen molar-refractivity contribution >= 4 is 23.2 Å². The minimum absolute atomic E-state index is 0.0984. The first-order valence-corrected chi connectivity index (χ1v) is 9.90. The van der Waals surface area contributed by atoms with Crippen molar-refractivity contribution in [2.24, 2.45) is 5.10 Å². The van der Waals surface area contributed by atoms with Crippen LogP contribution in [0.15, 0.2) is 46.1 Å². The van der Waals surface area contributed by atoms with Gasteiger partial charge in [0, 0.05) is 31.7 Å². The summed E-state index contributed by atoms with van der Waals surface area (Å²) in [6, 6.07) is 8.24. The molecule has 2 heterocycles. The molecule has 2 N–H and O–H groups in total. The van der Waals surface area contributed by atoms with Crippen molar-refractivity contribution in [3.8, 4) is 0 Å². The molecule has 0 atom stereocenters. The number of hydrogen-bond donors (Lipinski definition) is 2. The van der Waals surface area contributed by atoms with Gasteiger partial charge < -0.3 is 19.5 Å². The number of anilines is 1. The van der Waals surface area contributed by atoms with E-state index in [-0.39, 0.29) is 12.4 Å². The normalized spacial score (nSPS) is 15.2. The van der Waals surface area contributed by atoms with Gasteiger partial charge in [-0.2, -0.15) is 5.10 Å². The molecule has 1 fully saturated rings. The fourth-order valence-electron chi connectivity index (χ4n) is 3.20. The van der Waals surface area contributed by atoms with Gasteiger partial charge >= 0.3 is 11.8 Å². The molecular formula is C21H26FN5O3. The Kier molecular flexibility index (Phi) is 7.18. The van der Waals surface area contributed by atoms with Gasteiger partial charge in [-0.05, 0) is 37.7 Å². The number of hydrogen-bond acceptors (Lipinski definition) is 6. The smallest absolute Gasteiger partial charge is 0.329 e. The van der Waals surface area contributed by atoms with Gasteiger partial charge in [-0.15, -0.1) is 0 Å². The lowest BCUT2D eigenvalue weighted by atomic mass is 10.1. The molecule has 0 bridgehead atoms. The van der Waals surface area contributed by atoms with Crippen LogP contribution in [0.25, 0.3) is 0 Å². The Labute approximate surface area is 174 Å². The number of nitrogens with one attached hydrogen (secondary N) is 2. The second-order valence-corrected chi connectivity index (χ2v) is 6.99. The van der Waals surface area contributed by atoms with Crippen molar-refractivity contribution in [3.05, 3.63) is 53.7 Å². The van der Waals surface area contributed by atoms with Crippen molar-refractivity contribution in [2.45, 2.75) is 20.4 Å². The van der Waals surface area contributed by atoms with Crippen molar-refractivity contribution in [3.63, 3.8) is 0 Å². The zero-order valence-electron chi connectivity index (χ0n) is 17.2. The van der Waals surface area contributed by atoms with Gasteiger partial charge in [0.2, 0.25) is 0 Å². The molecule has 9 heteroatoms. The Morgan fingerprint density at radius 3 is 2.57 bits per heavy atom. The summed E-state index contributed by atoms with van der Waals surface area (Å²) >= 11 is 0. The summed E-state index contributed by atoms with van der Waals surface area (Å²) in [5.41, 5.74) is 3.67. The maximum Gasteiger partial charge on any atom is 0.329 e. The summed E-state index contributed by atoms with van der Waals surface area (Å²) in [7, 11) is 0. The minimum Gasteiger partial charge on any atom is -0.467 e. The number of carbonyl (C=O) groups is 2. The summed E-state index contributed by atoms with van der Waals surface area (Å²) in [5, 5.41) is 6.34. The Balaban J connectivity index is 1.56. The summed E-state index contributed by atoms with van der Waals surface area (Å²) < 4.78 is 19.7. The van der Waals surface area contributed by atoms with Crippen molar-refractivity contribution < 1.29 is 18.4 Å². The maximum atomic E-state index is 14.7. The molecule has 0 saturated carbocycles. The third-order valence-corrected chi connectivity index (χ3v) is 5.06. The monoisotopic (exact) mass is 415 g/mol. The predicted octanol–water partition coefficient (Wildman–Crippen LogP) is 1.72. The minimum atomic E-state index is -0.910. The third-order valence-electron chi connectivity index (χ3n) is 5.06. The molecule has 2 amide bonds. The van der Waals surface area contributed by atoms with Crippen LogP contribution in [0.5, 0.6) is 0 Å². The van der Waals surface area contributed by atoms with Crippen LogP contribution in [0.1, 0.15) is 25.2 Å². The van der Waals surface area contributed by atoms with Crippen LogP contribution >= 0.6 is 0 Å². The number of piperazine rings is 1.